The quantitative estimate of drug-likeness (QED) is 0.381. The highest BCUT2D eigenvalue weighted by Gasteiger charge is 2.09. The number of hydrogen-bond donors (Lipinski definition) is 0. The Hall–Kier alpha value is -3.56. The van der Waals surface area contributed by atoms with E-state index in [1.54, 1.807) is 18.2 Å². The minimum atomic E-state index is -0.343. The first-order valence-electron chi connectivity index (χ1n) is 7.68. The molecule has 0 amide bonds. The van der Waals surface area contributed by atoms with Gasteiger partial charge in [-0.3, -0.25) is 0 Å². The maximum absolute atomic E-state index is 13.2. The first-order chi connectivity index (χ1) is 12.2. The van der Waals surface area contributed by atoms with Crippen molar-refractivity contribution in [3.63, 3.8) is 0 Å². The molecule has 0 atom stereocenters. The van der Waals surface area contributed by atoms with Crippen molar-refractivity contribution in [3.05, 3.63) is 77.6 Å². The number of benzene rings is 3. The molecule has 0 aliphatic heterocycles. The van der Waals surface area contributed by atoms with Gasteiger partial charge in [-0.15, -0.1) is 6.42 Å². The lowest BCUT2D eigenvalue weighted by Gasteiger charge is -2.11. The van der Waals surface area contributed by atoms with Crippen LogP contribution in [0.25, 0.3) is 22.4 Å². The molecule has 2 nitrogen and oxygen atoms in total. The van der Waals surface area contributed by atoms with Gasteiger partial charge in [0.25, 0.3) is 0 Å². The molecule has 3 aromatic carbocycles. The summed E-state index contributed by atoms with van der Waals surface area (Å²) in [5.74, 6) is 2.71. The van der Waals surface area contributed by atoms with Crippen molar-refractivity contribution in [1.29, 1.82) is 5.26 Å². The SMILES string of the molecule is C#CCOc1ccc2ccccc2c1C=C(C#N)c1ccc(F)cc1. The topological polar surface area (TPSA) is 33.0 Å². The van der Waals surface area contributed by atoms with Crippen LogP contribution in [0.1, 0.15) is 11.1 Å². The number of terminal acetylenes is 1. The Balaban J connectivity index is 2.19. The zero-order valence-corrected chi connectivity index (χ0v) is 13.4. The van der Waals surface area contributed by atoms with Gasteiger partial charge in [0.1, 0.15) is 18.2 Å². The minimum Gasteiger partial charge on any atom is -0.480 e. The van der Waals surface area contributed by atoms with Crippen LogP contribution in [0.15, 0.2) is 60.7 Å². The number of nitriles is 1. The lowest BCUT2D eigenvalue weighted by atomic mass is 9.98. The Kier molecular flexibility index (Phi) is 4.79. The van der Waals surface area contributed by atoms with Gasteiger partial charge in [0.2, 0.25) is 0 Å². The third-order valence-corrected chi connectivity index (χ3v) is 3.81. The van der Waals surface area contributed by atoms with E-state index >= 15 is 0 Å². The maximum Gasteiger partial charge on any atom is 0.148 e. The summed E-state index contributed by atoms with van der Waals surface area (Å²) in [7, 11) is 0. The van der Waals surface area contributed by atoms with E-state index in [-0.39, 0.29) is 12.4 Å². The predicted octanol–water partition coefficient (Wildman–Crippen LogP) is 5.06. The summed E-state index contributed by atoms with van der Waals surface area (Å²) in [6.07, 6.45) is 7.04. The largest absolute Gasteiger partial charge is 0.480 e. The Morgan fingerprint density at radius 1 is 1.08 bits per heavy atom. The zero-order chi connectivity index (χ0) is 17.6. The van der Waals surface area contributed by atoms with E-state index in [1.165, 1.54) is 12.1 Å². The average molecular weight is 327 g/mol. The summed E-state index contributed by atoms with van der Waals surface area (Å²) in [5.41, 5.74) is 1.83. The van der Waals surface area contributed by atoms with Crippen molar-refractivity contribution < 1.29 is 9.13 Å². The highest BCUT2D eigenvalue weighted by atomic mass is 19.1. The first-order valence-corrected chi connectivity index (χ1v) is 7.68. The molecule has 0 aliphatic carbocycles. The predicted molar refractivity (Wildman–Crippen MR) is 98.2 cm³/mol. The fourth-order valence-electron chi connectivity index (χ4n) is 2.62. The van der Waals surface area contributed by atoms with Gasteiger partial charge < -0.3 is 4.74 Å². The zero-order valence-electron chi connectivity index (χ0n) is 13.4. The number of fused-ring (bicyclic) bond motifs is 1. The van der Waals surface area contributed by atoms with Gasteiger partial charge in [-0.2, -0.15) is 5.26 Å². The van der Waals surface area contributed by atoms with E-state index in [9.17, 15) is 9.65 Å². The second-order valence-electron chi connectivity index (χ2n) is 5.37. The van der Waals surface area contributed by atoms with Gasteiger partial charge in [0.05, 0.1) is 11.6 Å². The molecule has 3 rings (SSSR count). The average Bonchev–Trinajstić information content (AvgIpc) is 2.65. The van der Waals surface area contributed by atoms with Crippen LogP contribution >= 0.6 is 0 Å². The maximum atomic E-state index is 13.2. The van der Waals surface area contributed by atoms with E-state index in [1.807, 2.05) is 36.4 Å². The van der Waals surface area contributed by atoms with Crippen LogP contribution in [0.2, 0.25) is 0 Å². The molecule has 25 heavy (non-hydrogen) atoms. The molecule has 3 aromatic rings. The number of rotatable bonds is 4. The van der Waals surface area contributed by atoms with Crippen LogP contribution < -0.4 is 4.74 Å². The normalized spacial score (nSPS) is 10.9. The summed E-state index contributed by atoms with van der Waals surface area (Å²) in [6, 6.07) is 19.6. The fourth-order valence-corrected chi connectivity index (χ4v) is 2.62. The van der Waals surface area contributed by atoms with E-state index in [4.69, 9.17) is 11.2 Å². The van der Waals surface area contributed by atoms with Gasteiger partial charge in [-0.05, 0) is 40.6 Å². The van der Waals surface area contributed by atoms with E-state index < -0.39 is 0 Å². The standard InChI is InChI=1S/C22H14FNO/c1-2-13-25-22-12-9-17-5-3-4-6-20(17)21(22)14-18(15-24)16-7-10-19(23)11-8-16/h1,3-12,14H,13H2. The Bertz CT molecular complexity index is 1020. The molecule has 0 spiro atoms. The second kappa shape index (κ2) is 7.34. The Morgan fingerprint density at radius 2 is 1.84 bits per heavy atom. The molecule has 0 bridgehead atoms. The van der Waals surface area contributed by atoms with Crippen LogP contribution in [0, 0.1) is 29.5 Å². The molecule has 0 heterocycles. The van der Waals surface area contributed by atoms with Gasteiger partial charge >= 0.3 is 0 Å². The molecule has 120 valence electrons. The molecule has 0 aromatic heterocycles. The molecule has 3 heteroatoms. The number of allylic oxidation sites excluding steroid dienone is 1. The first kappa shape index (κ1) is 16.3. The highest BCUT2D eigenvalue weighted by molar-refractivity contribution is 6.00. The molecular weight excluding hydrogens is 313 g/mol. The van der Waals surface area contributed by atoms with Crippen molar-refractivity contribution in [2.75, 3.05) is 6.61 Å². The molecule has 0 aliphatic rings. The van der Waals surface area contributed by atoms with Gasteiger partial charge in [0, 0.05) is 5.56 Å². The van der Waals surface area contributed by atoms with Crippen LogP contribution in [-0.4, -0.2) is 6.61 Å². The summed E-state index contributed by atoms with van der Waals surface area (Å²) in [4.78, 5) is 0. The minimum absolute atomic E-state index is 0.137. The monoisotopic (exact) mass is 327 g/mol. The molecule has 0 unspecified atom stereocenters. The lowest BCUT2D eigenvalue weighted by molar-refractivity contribution is 0.370. The van der Waals surface area contributed by atoms with Gasteiger partial charge in [-0.25, -0.2) is 4.39 Å². The third kappa shape index (κ3) is 3.52. The van der Waals surface area contributed by atoms with Crippen LogP contribution in [-0.2, 0) is 0 Å². The van der Waals surface area contributed by atoms with Crippen LogP contribution in [0.4, 0.5) is 4.39 Å². The molecule has 0 radical (unpaired) electrons. The number of halogens is 1. The van der Waals surface area contributed by atoms with Crippen molar-refractivity contribution in [2.24, 2.45) is 0 Å². The fraction of sp³-hybridized carbons (Fsp3) is 0.0455. The highest BCUT2D eigenvalue weighted by Crippen LogP contribution is 2.32. The number of ether oxygens (including phenoxy) is 1. The van der Waals surface area contributed by atoms with Crippen molar-refractivity contribution in [2.45, 2.75) is 0 Å². The molecule has 0 fully saturated rings. The van der Waals surface area contributed by atoms with Crippen LogP contribution in [0.3, 0.4) is 0 Å². The van der Waals surface area contributed by atoms with Gasteiger partial charge in [0.15, 0.2) is 0 Å². The Morgan fingerprint density at radius 3 is 2.56 bits per heavy atom. The van der Waals surface area contributed by atoms with Crippen molar-refractivity contribution in [3.8, 4) is 24.2 Å². The summed E-state index contributed by atoms with van der Waals surface area (Å²) in [5, 5.41) is 11.5. The van der Waals surface area contributed by atoms with Crippen molar-refractivity contribution >= 4 is 22.4 Å². The third-order valence-electron chi connectivity index (χ3n) is 3.81. The lowest BCUT2D eigenvalue weighted by Crippen LogP contribution is -1.96. The molecule has 0 N–H and O–H groups in total. The number of hydrogen-bond acceptors (Lipinski definition) is 2. The molecule has 0 saturated heterocycles. The number of nitrogens with zero attached hydrogens (tertiary/aromatic N) is 1. The van der Waals surface area contributed by atoms with Crippen LogP contribution in [0.5, 0.6) is 5.75 Å². The van der Waals surface area contributed by atoms with Crippen molar-refractivity contribution in [1.82, 2.24) is 0 Å². The van der Waals surface area contributed by atoms with E-state index in [2.05, 4.69) is 12.0 Å². The second-order valence-corrected chi connectivity index (χ2v) is 5.37. The summed E-state index contributed by atoms with van der Waals surface area (Å²) in [6.45, 7) is 0.137. The molecular formula is C22H14FNO. The smallest absolute Gasteiger partial charge is 0.148 e. The summed E-state index contributed by atoms with van der Waals surface area (Å²) < 4.78 is 18.8. The van der Waals surface area contributed by atoms with E-state index in [0.29, 0.717) is 16.9 Å². The van der Waals surface area contributed by atoms with Gasteiger partial charge in [-0.1, -0.05) is 48.4 Å². The molecule has 0 saturated carbocycles. The van der Waals surface area contributed by atoms with E-state index in [0.717, 1.165) is 16.3 Å². The summed E-state index contributed by atoms with van der Waals surface area (Å²) >= 11 is 0. The Labute approximate surface area is 145 Å².